The van der Waals surface area contributed by atoms with Crippen molar-refractivity contribution >= 4 is 23.1 Å². The van der Waals surface area contributed by atoms with Crippen LogP contribution in [0.4, 0.5) is 17.6 Å². The quantitative estimate of drug-likeness (QED) is 0.662. The average molecular weight is 322 g/mol. The van der Waals surface area contributed by atoms with Gasteiger partial charge in [0.15, 0.2) is 0 Å². The van der Waals surface area contributed by atoms with Crippen LogP contribution in [0.15, 0.2) is 18.2 Å². The molecule has 3 nitrogen and oxygen atoms in total. The number of nitrogens with one attached hydrogen (secondary N) is 1. The standard InChI is InChI=1S/C13H14F4N2OS/c1-3-12(2,11(18)21)19-10(20)7-5-4-6-8(9(7)14)13(15,16)17/h4-6H,3H2,1-2H3,(H2,18,21)(H,19,20). The van der Waals surface area contributed by atoms with Gasteiger partial charge in [0.05, 0.1) is 21.7 Å². The molecule has 0 fully saturated rings. The summed E-state index contributed by atoms with van der Waals surface area (Å²) in [6, 6.07) is 2.50. The highest BCUT2D eigenvalue weighted by Crippen LogP contribution is 2.32. The maximum atomic E-state index is 13.9. The Kier molecular flexibility index (Phi) is 4.93. The first kappa shape index (κ1) is 17.4. The Morgan fingerprint density at radius 1 is 1.38 bits per heavy atom. The van der Waals surface area contributed by atoms with Crippen LogP contribution in [0.2, 0.25) is 0 Å². The lowest BCUT2D eigenvalue weighted by molar-refractivity contribution is -0.140. The molecule has 0 aromatic heterocycles. The average Bonchev–Trinajstić information content (AvgIpc) is 2.36. The first-order chi connectivity index (χ1) is 9.53. The number of amides is 1. The fourth-order valence-corrected chi connectivity index (χ4v) is 1.76. The van der Waals surface area contributed by atoms with Crippen molar-refractivity contribution in [1.29, 1.82) is 0 Å². The molecular formula is C13H14F4N2OS. The van der Waals surface area contributed by atoms with Crippen LogP contribution in [0.1, 0.15) is 36.2 Å². The maximum absolute atomic E-state index is 13.9. The fraction of sp³-hybridized carbons (Fsp3) is 0.385. The van der Waals surface area contributed by atoms with Crippen molar-refractivity contribution in [2.75, 3.05) is 0 Å². The highest BCUT2D eigenvalue weighted by molar-refractivity contribution is 7.80. The van der Waals surface area contributed by atoms with Crippen molar-refractivity contribution in [2.24, 2.45) is 5.73 Å². The van der Waals surface area contributed by atoms with Crippen molar-refractivity contribution in [3.05, 3.63) is 35.1 Å². The van der Waals surface area contributed by atoms with Gasteiger partial charge in [-0.2, -0.15) is 13.2 Å². The van der Waals surface area contributed by atoms with Crippen LogP contribution in [0, 0.1) is 5.82 Å². The molecule has 0 aliphatic heterocycles. The fourth-order valence-electron chi connectivity index (χ4n) is 1.57. The molecule has 116 valence electrons. The third kappa shape index (κ3) is 3.69. The molecule has 0 heterocycles. The highest BCUT2D eigenvalue weighted by Gasteiger charge is 2.36. The molecule has 0 aliphatic carbocycles. The maximum Gasteiger partial charge on any atom is 0.419 e. The Bertz CT molecular complexity index is 574. The van der Waals surface area contributed by atoms with Gasteiger partial charge >= 0.3 is 6.18 Å². The van der Waals surface area contributed by atoms with E-state index >= 15 is 0 Å². The van der Waals surface area contributed by atoms with Gasteiger partial charge in [0.2, 0.25) is 0 Å². The van der Waals surface area contributed by atoms with Crippen molar-refractivity contribution in [2.45, 2.75) is 32.0 Å². The van der Waals surface area contributed by atoms with Gasteiger partial charge in [0.1, 0.15) is 5.82 Å². The summed E-state index contributed by atoms with van der Waals surface area (Å²) in [6.45, 7) is 3.20. The zero-order valence-electron chi connectivity index (χ0n) is 11.3. The molecule has 21 heavy (non-hydrogen) atoms. The Morgan fingerprint density at radius 3 is 2.38 bits per heavy atom. The van der Waals surface area contributed by atoms with Crippen LogP contribution in [0.25, 0.3) is 0 Å². The molecule has 1 aromatic rings. The lowest BCUT2D eigenvalue weighted by Crippen LogP contribution is -2.54. The van der Waals surface area contributed by atoms with Gasteiger partial charge in [-0.3, -0.25) is 4.79 Å². The van der Waals surface area contributed by atoms with Crippen LogP contribution in [0.3, 0.4) is 0 Å². The molecular weight excluding hydrogens is 308 g/mol. The molecule has 3 N–H and O–H groups in total. The van der Waals surface area contributed by atoms with E-state index in [0.29, 0.717) is 12.5 Å². The Morgan fingerprint density at radius 2 is 1.95 bits per heavy atom. The molecule has 0 spiro atoms. The minimum atomic E-state index is -4.88. The first-order valence-corrected chi connectivity index (χ1v) is 6.42. The van der Waals surface area contributed by atoms with Gasteiger partial charge in [-0.1, -0.05) is 25.2 Å². The van der Waals surface area contributed by atoms with E-state index in [-0.39, 0.29) is 4.99 Å². The number of rotatable bonds is 4. The van der Waals surface area contributed by atoms with E-state index in [1.165, 1.54) is 6.92 Å². The molecule has 0 saturated carbocycles. The lowest BCUT2D eigenvalue weighted by atomic mass is 9.98. The molecule has 8 heteroatoms. The summed E-state index contributed by atoms with van der Waals surface area (Å²) in [6.07, 6.45) is -4.56. The van der Waals surface area contributed by atoms with E-state index in [1.807, 2.05) is 0 Å². The number of thiocarbonyl (C=S) groups is 1. The van der Waals surface area contributed by atoms with Gasteiger partial charge in [-0.05, 0) is 25.5 Å². The number of benzene rings is 1. The van der Waals surface area contributed by atoms with Crippen LogP contribution in [-0.4, -0.2) is 16.4 Å². The summed E-state index contributed by atoms with van der Waals surface area (Å²) in [4.78, 5) is 12.0. The SMILES string of the molecule is CCC(C)(NC(=O)c1cccc(C(F)(F)F)c1F)C(N)=S. The van der Waals surface area contributed by atoms with Crippen LogP contribution >= 0.6 is 12.2 Å². The molecule has 1 rings (SSSR count). The monoisotopic (exact) mass is 322 g/mol. The molecule has 1 atom stereocenters. The molecule has 0 bridgehead atoms. The van der Waals surface area contributed by atoms with E-state index < -0.39 is 34.6 Å². The zero-order valence-corrected chi connectivity index (χ0v) is 12.2. The van der Waals surface area contributed by atoms with Crippen molar-refractivity contribution in [1.82, 2.24) is 5.32 Å². The van der Waals surface area contributed by atoms with Gasteiger partial charge in [-0.15, -0.1) is 0 Å². The van der Waals surface area contributed by atoms with E-state index in [4.69, 9.17) is 18.0 Å². The predicted octanol–water partition coefficient (Wildman–Crippen LogP) is 3.03. The first-order valence-electron chi connectivity index (χ1n) is 6.01. The number of carbonyl (C=O) groups excluding carboxylic acids is 1. The molecule has 1 amide bonds. The van der Waals surface area contributed by atoms with E-state index in [1.54, 1.807) is 6.92 Å². The number of hydrogen-bond acceptors (Lipinski definition) is 2. The predicted molar refractivity (Wildman–Crippen MR) is 74.3 cm³/mol. The molecule has 0 radical (unpaired) electrons. The van der Waals surface area contributed by atoms with Crippen molar-refractivity contribution in [3.8, 4) is 0 Å². The van der Waals surface area contributed by atoms with Gasteiger partial charge in [-0.25, -0.2) is 4.39 Å². The summed E-state index contributed by atoms with van der Waals surface area (Å²) in [5, 5.41) is 2.37. The van der Waals surface area contributed by atoms with Gasteiger partial charge in [0.25, 0.3) is 5.91 Å². The van der Waals surface area contributed by atoms with E-state index in [0.717, 1.165) is 12.1 Å². The molecule has 1 aromatic carbocycles. The normalized spacial score (nSPS) is 14.4. The highest BCUT2D eigenvalue weighted by atomic mass is 32.1. The number of hydrogen-bond donors (Lipinski definition) is 2. The number of alkyl halides is 3. The van der Waals surface area contributed by atoms with Crippen LogP contribution < -0.4 is 11.1 Å². The largest absolute Gasteiger partial charge is 0.419 e. The Balaban J connectivity index is 3.18. The third-order valence-electron chi connectivity index (χ3n) is 3.19. The zero-order chi connectivity index (χ0) is 16.4. The van der Waals surface area contributed by atoms with Crippen molar-refractivity contribution in [3.63, 3.8) is 0 Å². The summed E-state index contributed by atoms with van der Waals surface area (Å²) in [5.41, 5.74) is 2.18. The second-order valence-electron chi connectivity index (χ2n) is 4.67. The summed E-state index contributed by atoms with van der Waals surface area (Å²) >= 11 is 4.81. The van der Waals surface area contributed by atoms with Gasteiger partial charge < -0.3 is 11.1 Å². The topological polar surface area (TPSA) is 55.1 Å². The minimum absolute atomic E-state index is 0.0364. The Labute approximate surface area is 124 Å². The smallest absolute Gasteiger partial charge is 0.391 e. The minimum Gasteiger partial charge on any atom is -0.391 e. The molecule has 0 aliphatic rings. The van der Waals surface area contributed by atoms with E-state index in [9.17, 15) is 22.4 Å². The summed E-state index contributed by atoms with van der Waals surface area (Å²) in [7, 11) is 0. The third-order valence-corrected chi connectivity index (χ3v) is 3.64. The molecule has 1 unspecified atom stereocenters. The summed E-state index contributed by atoms with van der Waals surface area (Å²) < 4.78 is 51.7. The number of nitrogens with two attached hydrogens (primary N) is 1. The van der Waals surface area contributed by atoms with Crippen LogP contribution in [0.5, 0.6) is 0 Å². The van der Waals surface area contributed by atoms with Crippen molar-refractivity contribution < 1.29 is 22.4 Å². The summed E-state index contributed by atoms with van der Waals surface area (Å²) in [5.74, 6) is -2.63. The lowest BCUT2D eigenvalue weighted by Gasteiger charge is -2.28. The molecule has 0 saturated heterocycles. The van der Waals surface area contributed by atoms with E-state index in [2.05, 4.69) is 5.32 Å². The Hall–Kier alpha value is -1.70. The number of carbonyl (C=O) groups is 1. The second kappa shape index (κ2) is 5.97. The van der Waals surface area contributed by atoms with Crippen LogP contribution in [-0.2, 0) is 6.18 Å². The number of halogens is 4. The van der Waals surface area contributed by atoms with Gasteiger partial charge in [0, 0.05) is 0 Å². The second-order valence-corrected chi connectivity index (χ2v) is 5.11.